The van der Waals surface area contributed by atoms with Crippen LogP contribution in [0.15, 0.2) is 84.0 Å². The van der Waals surface area contributed by atoms with Gasteiger partial charge in [0.15, 0.2) is 0 Å². The Morgan fingerprint density at radius 3 is 2.80 bits per heavy atom. The minimum atomic E-state index is -0.307. The fourth-order valence-corrected chi connectivity index (χ4v) is 6.68. The largest absolute Gasteiger partial charge is 0.337 e. The number of fused-ring (bicyclic) bond motifs is 2. The average molecular weight is 634 g/mol. The molecule has 0 saturated carbocycles. The van der Waals surface area contributed by atoms with E-state index >= 15 is 0 Å². The van der Waals surface area contributed by atoms with E-state index in [1.807, 2.05) is 47.9 Å². The number of hydrogen-bond acceptors (Lipinski definition) is 5. The number of aryl methyl sites for hydroxylation is 3. The number of amides is 1. The van der Waals surface area contributed by atoms with Gasteiger partial charge in [0.05, 0.1) is 24.1 Å². The van der Waals surface area contributed by atoms with Gasteiger partial charge >= 0.3 is 0 Å². The van der Waals surface area contributed by atoms with Gasteiger partial charge in [-0.25, -0.2) is 4.98 Å². The highest BCUT2D eigenvalue weighted by Gasteiger charge is 2.36. The molecule has 0 spiro atoms. The molecular formula is C32H34BrClN6O. The van der Waals surface area contributed by atoms with Crippen molar-refractivity contribution >= 4 is 33.4 Å². The minimum Gasteiger partial charge on any atom is -0.337 e. The molecular weight excluding hydrogens is 600 g/mol. The standard InChI is InChI=1S/C32H34BrClN6O/c33-26-17-25-8-7-24-18-27(34)9-10-28(24)31(30(25)37-19-26)39-16-12-36-29(21-39)32(41)40(20-23-5-2-1-3-6-23)14-4-13-38-15-11-35-22-38/h1-3,5-6,9-11,15,17-19,22,29,31,36H,4,7-8,12-14,16,20-21H2/t29-,31+/m1/s1. The van der Waals surface area contributed by atoms with Crippen LogP contribution in [0.3, 0.4) is 0 Å². The van der Waals surface area contributed by atoms with E-state index in [4.69, 9.17) is 16.6 Å². The van der Waals surface area contributed by atoms with Crippen LogP contribution in [0.4, 0.5) is 0 Å². The molecule has 0 unspecified atom stereocenters. The number of carbonyl (C=O) groups is 1. The summed E-state index contributed by atoms with van der Waals surface area (Å²) in [5, 5.41) is 4.30. The summed E-state index contributed by atoms with van der Waals surface area (Å²) in [6.07, 6.45) is 10.1. The fourth-order valence-electron chi connectivity index (χ4n) is 6.11. The maximum absolute atomic E-state index is 14.2. The number of rotatable bonds is 8. The van der Waals surface area contributed by atoms with Crippen LogP contribution in [0, 0.1) is 0 Å². The highest BCUT2D eigenvalue weighted by molar-refractivity contribution is 9.10. The van der Waals surface area contributed by atoms with Crippen molar-refractivity contribution in [2.45, 2.75) is 44.4 Å². The second-order valence-electron chi connectivity index (χ2n) is 10.8. The topological polar surface area (TPSA) is 66.3 Å². The van der Waals surface area contributed by atoms with Gasteiger partial charge in [-0.1, -0.05) is 48.0 Å². The second kappa shape index (κ2) is 12.9. The number of aromatic nitrogens is 3. The second-order valence-corrected chi connectivity index (χ2v) is 12.2. The number of piperazine rings is 1. The lowest BCUT2D eigenvalue weighted by atomic mass is 9.95. The lowest BCUT2D eigenvalue weighted by molar-refractivity contribution is -0.135. The van der Waals surface area contributed by atoms with E-state index in [1.165, 1.54) is 16.7 Å². The first kappa shape index (κ1) is 28.1. The fraction of sp³-hybridized carbons (Fsp3) is 0.344. The Kier molecular flexibility index (Phi) is 8.81. The summed E-state index contributed by atoms with van der Waals surface area (Å²) >= 11 is 10.1. The van der Waals surface area contributed by atoms with Gasteiger partial charge in [0.25, 0.3) is 0 Å². The quantitative estimate of drug-likeness (QED) is 0.286. The van der Waals surface area contributed by atoms with Crippen molar-refractivity contribution in [3.05, 3.63) is 117 Å². The average Bonchev–Trinajstić information content (AvgIpc) is 3.46. The third kappa shape index (κ3) is 6.56. The molecule has 3 heterocycles. The zero-order valence-corrected chi connectivity index (χ0v) is 25.3. The zero-order chi connectivity index (χ0) is 28.2. The van der Waals surface area contributed by atoms with E-state index in [1.54, 1.807) is 6.20 Å². The summed E-state index contributed by atoms with van der Waals surface area (Å²) in [6.45, 7) is 4.25. The summed E-state index contributed by atoms with van der Waals surface area (Å²) < 4.78 is 3.05. The van der Waals surface area contributed by atoms with Gasteiger partial charge < -0.3 is 14.8 Å². The molecule has 2 atom stereocenters. The van der Waals surface area contributed by atoms with E-state index in [2.05, 4.69) is 66.0 Å². The first-order valence-corrected chi connectivity index (χ1v) is 15.4. The molecule has 2 aromatic heterocycles. The Hall–Kier alpha value is -3.04. The molecule has 2 aliphatic rings. The number of benzene rings is 2. The maximum atomic E-state index is 14.2. The van der Waals surface area contributed by atoms with Gasteiger partial charge in [-0.3, -0.25) is 14.7 Å². The number of nitrogens with zero attached hydrogens (tertiary/aromatic N) is 5. The number of hydrogen-bond donors (Lipinski definition) is 1. The van der Waals surface area contributed by atoms with Gasteiger partial charge in [0.1, 0.15) is 0 Å². The van der Waals surface area contributed by atoms with Gasteiger partial charge in [0.2, 0.25) is 5.91 Å². The maximum Gasteiger partial charge on any atom is 0.241 e. The highest BCUT2D eigenvalue weighted by atomic mass is 79.9. The van der Waals surface area contributed by atoms with Crippen LogP contribution in [-0.2, 0) is 30.7 Å². The van der Waals surface area contributed by atoms with Crippen molar-refractivity contribution in [3.63, 3.8) is 0 Å². The molecule has 4 aromatic rings. The SMILES string of the molecule is O=C([C@H]1CN([C@H]2c3ccc(Cl)cc3CCc3cc(Br)cnc32)CCN1)N(CCCn1ccnc1)Cc1ccccc1. The summed E-state index contributed by atoms with van der Waals surface area (Å²) in [6, 6.07) is 18.3. The van der Waals surface area contributed by atoms with Crippen molar-refractivity contribution in [2.75, 3.05) is 26.2 Å². The van der Waals surface area contributed by atoms with Crippen molar-refractivity contribution in [1.29, 1.82) is 0 Å². The number of imidazole rings is 1. The van der Waals surface area contributed by atoms with Gasteiger partial charge in [-0.15, -0.1) is 0 Å². The third-order valence-electron chi connectivity index (χ3n) is 8.09. The Balaban J connectivity index is 1.26. The molecule has 1 fully saturated rings. The minimum absolute atomic E-state index is 0.0333. The molecule has 1 N–H and O–H groups in total. The van der Waals surface area contributed by atoms with E-state index in [-0.39, 0.29) is 18.0 Å². The molecule has 0 bridgehead atoms. The van der Waals surface area contributed by atoms with Gasteiger partial charge in [-0.05, 0) is 75.6 Å². The van der Waals surface area contributed by atoms with Crippen molar-refractivity contribution in [1.82, 2.24) is 29.7 Å². The van der Waals surface area contributed by atoms with Crippen LogP contribution in [0.5, 0.6) is 0 Å². The molecule has 7 nitrogen and oxygen atoms in total. The van der Waals surface area contributed by atoms with Crippen LogP contribution in [-0.4, -0.2) is 62.5 Å². The molecule has 212 valence electrons. The third-order valence-corrected chi connectivity index (χ3v) is 8.76. The molecule has 1 aliphatic carbocycles. The zero-order valence-electron chi connectivity index (χ0n) is 22.9. The molecule has 6 rings (SSSR count). The van der Waals surface area contributed by atoms with Crippen LogP contribution >= 0.6 is 27.5 Å². The van der Waals surface area contributed by atoms with E-state index in [0.29, 0.717) is 19.6 Å². The van der Waals surface area contributed by atoms with Gasteiger partial charge in [0, 0.05) is 67.4 Å². The van der Waals surface area contributed by atoms with Crippen molar-refractivity contribution < 1.29 is 4.79 Å². The van der Waals surface area contributed by atoms with E-state index < -0.39 is 0 Å². The molecule has 9 heteroatoms. The first-order valence-electron chi connectivity index (χ1n) is 14.2. The molecule has 1 amide bonds. The van der Waals surface area contributed by atoms with Crippen LogP contribution < -0.4 is 5.32 Å². The molecule has 2 aromatic carbocycles. The molecule has 1 aliphatic heterocycles. The predicted octanol–water partition coefficient (Wildman–Crippen LogP) is 5.27. The number of carbonyl (C=O) groups excluding carboxylic acids is 1. The Bertz CT molecular complexity index is 1430. The lowest BCUT2D eigenvalue weighted by Crippen LogP contribution is -2.58. The normalized spacial score (nSPS) is 18.8. The number of halogens is 2. The predicted molar refractivity (Wildman–Crippen MR) is 165 cm³/mol. The molecule has 41 heavy (non-hydrogen) atoms. The summed E-state index contributed by atoms with van der Waals surface area (Å²) in [5.74, 6) is 0.137. The van der Waals surface area contributed by atoms with E-state index in [9.17, 15) is 4.79 Å². The Labute approximate surface area is 254 Å². The smallest absolute Gasteiger partial charge is 0.241 e. The first-order chi connectivity index (χ1) is 20.0. The van der Waals surface area contributed by atoms with Crippen LogP contribution in [0.1, 0.15) is 40.4 Å². The summed E-state index contributed by atoms with van der Waals surface area (Å²) in [4.78, 5) is 27.7. The van der Waals surface area contributed by atoms with Crippen LogP contribution in [0.2, 0.25) is 5.02 Å². The summed E-state index contributed by atoms with van der Waals surface area (Å²) in [5.41, 5.74) is 5.93. The monoisotopic (exact) mass is 632 g/mol. The van der Waals surface area contributed by atoms with E-state index in [0.717, 1.165) is 59.6 Å². The lowest BCUT2D eigenvalue weighted by Gasteiger charge is -2.40. The number of pyridine rings is 1. The summed E-state index contributed by atoms with van der Waals surface area (Å²) in [7, 11) is 0. The number of nitrogens with one attached hydrogen (secondary N) is 1. The Morgan fingerprint density at radius 1 is 1.12 bits per heavy atom. The van der Waals surface area contributed by atoms with Crippen molar-refractivity contribution in [3.8, 4) is 0 Å². The van der Waals surface area contributed by atoms with Crippen LogP contribution in [0.25, 0.3) is 0 Å². The van der Waals surface area contributed by atoms with Gasteiger partial charge in [-0.2, -0.15) is 0 Å². The Morgan fingerprint density at radius 2 is 1.98 bits per heavy atom. The molecule has 1 saturated heterocycles. The van der Waals surface area contributed by atoms with Crippen molar-refractivity contribution in [2.24, 2.45) is 0 Å². The molecule has 0 radical (unpaired) electrons. The highest BCUT2D eigenvalue weighted by Crippen LogP contribution is 2.38.